The van der Waals surface area contributed by atoms with Crippen molar-refractivity contribution in [3.05, 3.63) is 24.4 Å². The van der Waals surface area contributed by atoms with Gasteiger partial charge in [0.1, 0.15) is 5.82 Å². The number of nitrogens with one attached hydrogen (secondary N) is 2. The van der Waals surface area contributed by atoms with Crippen LogP contribution in [0.25, 0.3) is 0 Å². The Balaban J connectivity index is 0.00000180. The molecule has 1 heterocycles. The number of guanidine groups is 1. The van der Waals surface area contributed by atoms with Gasteiger partial charge in [-0.25, -0.2) is 4.98 Å². The third-order valence-electron chi connectivity index (χ3n) is 2.77. The first-order valence-electron chi connectivity index (χ1n) is 6.56. The van der Waals surface area contributed by atoms with Gasteiger partial charge in [0, 0.05) is 25.3 Å². The van der Waals surface area contributed by atoms with Crippen molar-refractivity contribution >= 4 is 35.8 Å². The second-order valence-corrected chi connectivity index (χ2v) is 4.53. The molecule has 0 saturated heterocycles. The van der Waals surface area contributed by atoms with Gasteiger partial charge in [0.15, 0.2) is 5.96 Å². The molecule has 106 valence electrons. The van der Waals surface area contributed by atoms with E-state index in [9.17, 15) is 0 Å². The van der Waals surface area contributed by atoms with E-state index in [2.05, 4.69) is 20.6 Å². The van der Waals surface area contributed by atoms with E-state index >= 15 is 0 Å². The third kappa shape index (κ3) is 7.19. The molecule has 0 bridgehead atoms. The van der Waals surface area contributed by atoms with Crippen molar-refractivity contribution in [1.82, 2.24) is 10.3 Å². The van der Waals surface area contributed by atoms with Gasteiger partial charge in [0.05, 0.1) is 0 Å². The summed E-state index contributed by atoms with van der Waals surface area (Å²) in [4.78, 5) is 8.48. The van der Waals surface area contributed by atoms with Crippen LogP contribution in [0.2, 0.25) is 0 Å². The Bertz CT molecular complexity index is 378. The molecule has 0 spiro atoms. The number of nitrogens with two attached hydrogens (primary N) is 1. The van der Waals surface area contributed by atoms with Gasteiger partial charge in [-0.1, -0.05) is 6.07 Å². The van der Waals surface area contributed by atoms with Crippen LogP contribution in [0.1, 0.15) is 25.7 Å². The molecule has 1 aliphatic rings. The molecule has 0 atom stereocenters. The zero-order chi connectivity index (χ0) is 12.6. The van der Waals surface area contributed by atoms with Gasteiger partial charge in [-0.3, -0.25) is 4.99 Å². The van der Waals surface area contributed by atoms with E-state index in [0.29, 0.717) is 12.0 Å². The number of hydrogen-bond donors (Lipinski definition) is 3. The van der Waals surface area contributed by atoms with Gasteiger partial charge in [-0.2, -0.15) is 0 Å². The second kappa shape index (κ2) is 8.95. The normalized spacial score (nSPS) is 14.6. The smallest absolute Gasteiger partial charge is 0.188 e. The molecule has 0 amide bonds. The molecule has 1 aromatic rings. The molecule has 0 aromatic carbocycles. The lowest BCUT2D eigenvalue weighted by Crippen LogP contribution is -2.33. The molecule has 19 heavy (non-hydrogen) atoms. The monoisotopic (exact) mass is 375 g/mol. The van der Waals surface area contributed by atoms with Crippen LogP contribution in [0.5, 0.6) is 0 Å². The molecule has 0 radical (unpaired) electrons. The Kier molecular flexibility index (Phi) is 7.54. The van der Waals surface area contributed by atoms with E-state index in [-0.39, 0.29) is 24.0 Å². The standard InChI is InChI=1S/C13H21N5.HI/c14-13(18-11-6-7-11)17-10-4-3-9-16-12-5-1-2-8-15-12;/h1-2,5,8,11H,3-4,6-7,9-10H2,(H,15,16)(H3,14,17,18);1H. The zero-order valence-corrected chi connectivity index (χ0v) is 13.3. The van der Waals surface area contributed by atoms with Gasteiger partial charge < -0.3 is 16.4 Å². The SMILES string of the molecule is I.NC(=NCCCCNc1ccccn1)NC1CC1. The molecule has 1 saturated carbocycles. The molecular weight excluding hydrogens is 353 g/mol. The van der Waals surface area contributed by atoms with E-state index < -0.39 is 0 Å². The highest BCUT2D eigenvalue weighted by Crippen LogP contribution is 2.17. The zero-order valence-electron chi connectivity index (χ0n) is 11.0. The summed E-state index contributed by atoms with van der Waals surface area (Å²) >= 11 is 0. The molecule has 4 N–H and O–H groups in total. The van der Waals surface area contributed by atoms with E-state index in [1.807, 2.05) is 18.2 Å². The average molecular weight is 375 g/mol. The minimum absolute atomic E-state index is 0. The number of nitrogens with zero attached hydrogens (tertiary/aromatic N) is 2. The lowest BCUT2D eigenvalue weighted by molar-refractivity contribution is 0.764. The van der Waals surface area contributed by atoms with Crippen molar-refractivity contribution in [2.45, 2.75) is 31.7 Å². The van der Waals surface area contributed by atoms with Crippen LogP contribution in [-0.4, -0.2) is 30.1 Å². The fraction of sp³-hybridized carbons (Fsp3) is 0.538. The van der Waals surface area contributed by atoms with Crippen molar-refractivity contribution in [2.75, 3.05) is 18.4 Å². The lowest BCUT2D eigenvalue weighted by atomic mass is 10.3. The van der Waals surface area contributed by atoms with Crippen molar-refractivity contribution < 1.29 is 0 Å². The predicted molar refractivity (Wildman–Crippen MR) is 90.0 cm³/mol. The summed E-state index contributed by atoms with van der Waals surface area (Å²) in [5, 5.41) is 6.44. The van der Waals surface area contributed by atoms with E-state index in [1.165, 1.54) is 12.8 Å². The number of halogens is 1. The summed E-state index contributed by atoms with van der Waals surface area (Å²) in [5.41, 5.74) is 5.73. The first kappa shape index (κ1) is 16.0. The predicted octanol–water partition coefficient (Wildman–Crippen LogP) is 1.96. The third-order valence-corrected chi connectivity index (χ3v) is 2.77. The summed E-state index contributed by atoms with van der Waals surface area (Å²) in [7, 11) is 0. The van der Waals surface area contributed by atoms with Gasteiger partial charge in [-0.15, -0.1) is 24.0 Å². The molecule has 5 nitrogen and oxygen atoms in total. The molecule has 2 rings (SSSR count). The van der Waals surface area contributed by atoms with Gasteiger partial charge in [0.25, 0.3) is 0 Å². The first-order valence-corrected chi connectivity index (χ1v) is 6.56. The quantitative estimate of drug-likeness (QED) is 0.295. The largest absolute Gasteiger partial charge is 0.370 e. The number of unbranched alkanes of at least 4 members (excludes halogenated alkanes) is 1. The molecule has 0 aliphatic heterocycles. The highest BCUT2D eigenvalue weighted by Gasteiger charge is 2.21. The minimum Gasteiger partial charge on any atom is -0.370 e. The Morgan fingerprint density at radius 2 is 2.21 bits per heavy atom. The van der Waals surface area contributed by atoms with Crippen LogP contribution >= 0.6 is 24.0 Å². The van der Waals surface area contributed by atoms with Crippen LogP contribution in [-0.2, 0) is 0 Å². The molecule has 1 aliphatic carbocycles. The van der Waals surface area contributed by atoms with E-state index in [1.54, 1.807) is 6.20 Å². The molecule has 6 heteroatoms. The van der Waals surface area contributed by atoms with Crippen molar-refractivity contribution in [1.29, 1.82) is 0 Å². The molecular formula is C13H22IN5. The fourth-order valence-corrected chi connectivity index (χ4v) is 1.60. The van der Waals surface area contributed by atoms with E-state index in [0.717, 1.165) is 31.7 Å². The summed E-state index contributed by atoms with van der Waals surface area (Å²) in [6, 6.07) is 6.44. The topological polar surface area (TPSA) is 75.3 Å². The Morgan fingerprint density at radius 1 is 1.37 bits per heavy atom. The highest BCUT2D eigenvalue weighted by molar-refractivity contribution is 14.0. The Labute approximate surface area is 131 Å². The van der Waals surface area contributed by atoms with E-state index in [4.69, 9.17) is 5.73 Å². The van der Waals surface area contributed by atoms with Crippen LogP contribution in [0.4, 0.5) is 5.82 Å². The summed E-state index contributed by atoms with van der Waals surface area (Å²) in [6.45, 7) is 1.71. The second-order valence-electron chi connectivity index (χ2n) is 4.53. The average Bonchev–Trinajstić information content (AvgIpc) is 3.19. The highest BCUT2D eigenvalue weighted by atomic mass is 127. The number of aliphatic imine (C=N–C) groups is 1. The maximum Gasteiger partial charge on any atom is 0.188 e. The van der Waals surface area contributed by atoms with Gasteiger partial charge >= 0.3 is 0 Å². The Hall–Kier alpha value is -1.05. The van der Waals surface area contributed by atoms with Crippen LogP contribution in [0.15, 0.2) is 29.4 Å². The number of rotatable bonds is 7. The molecule has 0 unspecified atom stereocenters. The number of aromatic nitrogens is 1. The summed E-state index contributed by atoms with van der Waals surface area (Å²) in [6.07, 6.45) is 6.34. The number of hydrogen-bond acceptors (Lipinski definition) is 3. The lowest BCUT2D eigenvalue weighted by Gasteiger charge is -2.05. The maximum absolute atomic E-state index is 5.73. The maximum atomic E-state index is 5.73. The van der Waals surface area contributed by atoms with Crippen LogP contribution in [0.3, 0.4) is 0 Å². The number of anilines is 1. The summed E-state index contributed by atoms with van der Waals surface area (Å²) in [5.74, 6) is 1.52. The van der Waals surface area contributed by atoms with Crippen LogP contribution < -0.4 is 16.4 Å². The molecule has 1 fully saturated rings. The summed E-state index contributed by atoms with van der Waals surface area (Å²) < 4.78 is 0. The van der Waals surface area contributed by atoms with Crippen molar-refractivity contribution in [2.24, 2.45) is 10.7 Å². The van der Waals surface area contributed by atoms with Gasteiger partial charge in [0.2, 0.25) is 0 Å². The Morgan fingerprint density at radius 3 is 2.89 bits per heavy atom. The van der Waals surface area contributed by atoms with Crippen molar-refractivity contribution in [3.8, 4) is 0 Å². The van der Waals surface area contributed by atoms with Gasteiger partial charge in [-0.05, 0) is 37.8 Å². The van der Waals surface area contributed by atoms with Crippen LogP contribution in [0, 0.1) is 0 Å². The minimum atomic E-state index is 0. The number of pyridine rings is 1. The fourth-order valence-electron chi connectivity index (χ4n) is 1.60. The first-order chi connectivity index (χ1) is 8.84. The van der Waals surface area contributed by atoms with Crippen molar-refractivity contribution in [3.63, 3.8) is 0 Å². The molecule has 1 aromatic heterocycles.